The lowest BCUT2D eigenvalue weighted by Crippen LogP contribution is -2.31. The maximum Gasteiger partial charge on any atom is 0.222 e. The molecule has 0 spiro atoms. The monoisotopic (exact) mass is 332 g/mol. The van der Waals surface area contributed by atoms with Crippen LogP contribution in [0.1, 0.15) is 23.6 Å². The molecule has 0 bridgehead atoms. The third kappa shape index (κ3) is 4.23. The summed E-state index contributed by atoms with van der Waals surface area (Å²) in [5.74, 6) is 0.488. The Hall–Kier alpha value is -2.60. The van der Waals surface area contributed by atoms with Crippen molar-refractivity contribution in [2.75, 3.05) is 20.8 Å². The molecule has 0 aromatic heterocycles. The minimum absolute atomic E-state index is 0.179. The molecule has 3 N–H and O–H groups in total. The summed E-state index contributed by atoms with van der Waals surface area (Å²) in [6.45, 7) is 0.233. The SMILES string of the molecule is COc1cccc(C(NC(=O)CCN)c2cc(F)ccc2OC)c1. The van der Waals surface area contributed by atoms with Gasteiger partial charge in [-0.1, -0.05) is 12.1 Å². The van der Waals surface area contributed by atoms with E-state index in [0.717, 1.165) is 5.56 Å². The number of nitrogens with two attached hydrogens (primary N) is 1. The van der Waals surface area contributed by atoms with E-state index in [0.29, 0.717) is 17.1 Å². The molecule has 2 rings (SSSR count). The van der Waals surface area contributed by atoms with E-state index in [2.05, 4.69) is 5.32 Å². The Morgan fingerprint density at radius 2 is 2.00 bits per heavy atom. The average molecular weight is 332 g/mol. The van der Waals surface area contributed by atoms with E-state index in [1.807, 2.05) is 12.1 Å². The molecule has 0 saturated heterocycles. The number of nitrogens with one attached hydrogen (secondary N) is 1. The van der Waals surface area contributed by atoms with E-state index in [9.17, 15) is 9.18 Å². The highest BCUT2D eigenvalue weighted by molar-refractivity contribution is 5.77. The fourth-order valence-corrected chi connectivity index (χ4v) is 2.46. The molecule has 2 aromatic rings. The summed E-state index contributed by atoms with van der Waals surface area (Å²) in [6, 6.07) is 10.8. The first-order valence-electron chi connectivity index (χ1n) is 7.56. The molecule has 0 heterocycles. The number of hydrogen-bond acceptors (Lipinski definition) is 4. The Labute approximate surface area is 140 Å². The predicted molar refractivity (Wildman–Crippen MR) is 89.6 cm³/mol. The van der Waals surface area contributed by atoms with E-state index >= 15 is 0 Å². The lowest BCUT2D eigenvalue weighted by atomic mass is 9.97. The summed E-state index contributed by atoms with van der Waals surface area (Å²) in [4.78, 5) is 12.1. The van der Waals surface area contributed by atoms with Gasteiger partial charge in [0.25, 0.3) is 0 Å². The zero-order valence-electron chi connectivity index (χ0n) is 13.7. The molecule has 1 unspecified atom stereocenters. The largest absolute Gasteiger partial charge is 0.497 e. The van der Waals surface area contributed by atoms with Crippen LogP contribution in [0.15, 0.2) is 42.5 Å². The summed E-state index contributed by atoms with van der Waals surface area (Å²) in [5.41, 5.74) is 6.72. The lowest BCUT2D eigenvalue weighted by molar-refractivity contribution is -0.121. The molecule has 0 aliphatic carbocycles. The van der Waals surface area contributed by atoms with Crippen molar-refractivity contribution in [1.29, 1.82) is 0 Å². The summed E-state index contributed by atoms with van der Waals surface area (Å²) >= 11 is 0. The van der Waals surface area contributed by atoms with Gasteiger partial charge in [0.1, 0.15) is 17.3 Å². The first kappa shape index (κ1) is 17.7. The number of amides is 1. The predicted octanol–water partition coefficient (Wildman–Crippen LogP) is 2.40. The van der Waals surface area contributed by atoms with Crippen LogP contribution in [-0.4, -0.2) is 26.7 Å². The minimum Gasteiger partial charge on any atom is -0.497 e. The fourth-order valence-electron chi connectivity index (χ4n) is 2.46. The van der Waals surface area contributed by atoms with Crippen molar-refractivity contribution in [3.8, 4) is 11.5 Å². The molecule has 0 radical (unpaired) electrons. The summed E-state index contributed by atoms with van der Waals surface area (Å²) < 4.78 is 24.3. The van der Waals surface area contributed by atoms with Crippen molar-refractivity contribution in [3.05, 3.63) is 59.4 Å². The molecular formula is C18H21FN2O3. The number of carbonyl (C=O) groups excluding carboxylic acids is 1. The van der Waals surface area contributed by atoms with E-state index < -0.39 is 11.9 Å². The topological polar surface area (TPSA) is 73.6 Å². The normalized spacial score (nSPS) is 11.7. The van der Waals surface area contributed by atoms with Gasteiger partial charge in [-0.05, 0) is 35.9 Å². The van der Waals surface area contributed by atoms with Gasteiger partial charge in [-0.3, -0.25) is 4.79 Å². The zero-order valence-corrected chi connectivity index (χ0v) is 13.7. The molecule has 1 atom stereocenters. The van der Waals surface area contributed by atoms with Gasteiger partial charge in [-0.15, -0.1) is 0 Å². The summed E-state index contributed by atoms with van der Waals surface area (Å²) in [7, 11) is 3.06. The van der Waals surface area contributed by atoms with Crippen molar-refractivity contribution in [3.63, 3.8) is 0 Å². The number of methoxy groups -OCH3 is 2. The maximum atomic E-state index is 13.8. The van der Waals surface area contributed by atoms with Crippen molar-refractivity contribution >= 4 is 5.91 Å². The van der Waals surface area contributed by atoms with Crippen LogP contribution in [0.25, 0.3) is 0 Å². The van der Waals surface area contributed by atoms with Crippen LogP contribution in [0.5, 0.6) is 11.5 Å². The van der Waals surface area contributed by atoms with Gasteiger partial charge in [-0.25, -0.2) is 4.39 Å². The average Bonchev–Trinajstić information content (AvgIpc) is 2.60. The van der Waals surface area contributed by atoms with Crippen LogP contribution >= 0.6 is 0 Å². The van der Waals surface area contributed by atoms with E-state index in [-0.39, 0.29) is 18.9 Å². The van der Waals surface area contributed by atoms with Gasteiger partial charge in [0, 0.05) is 18.5 Å². The molecule has 1 amide bonds. The van der Waals surface area contributed by atoms with Crippen LogP contribution in [0, 0.1) is 5.82 Å². The molecule has 24 heavy (non-hydrogen) atoms. The first-order valence-corrected chi connectivity index (χ1v) is 7.56. The quantitative estimate of drug-likeness (QED) is 0.816. The second-order valence-electron chi connectivity index (χ2n) is 5.20. The van der Waals surface area contributed by atoms with Crippen LogP contribution in [0.2, 0.25) is 0 Å². The van der Waals surface area contributed by atoms with Crippen LogP contribution < -0.4 is 20.5 Å². The molecule has 0 saturated carbocycles. The number of halogens is 1. The molecule has 0 aliphatic heterocycles. The zero-order chi connectivity index (χ0) is 17.5. The maximum absolute atomic E-state index is 13.8. The summed E-state index contributed by atoms with van der Waals surface area (Å²) in [6.07, 6.45) is 0.179. The van der Waals surface area contributed by atoms with Gasteiger partial charge >= 0.3 is 0 Å². The molecule has 0 aliphatic rings. The highest BCUT2D eigenvalue weighted by Gasteiger charge is 2.21. The number of benzene rings is 2. The number of ether oxygens (including phenoxy) is 2. The first-order chi connectivity index (χ1) is 11.6. The van der Waals surface area contributed by atoms with Crippen molar-refractivity contribution in [2.45, 2.75) is 12.5 Å². The van der Waals surface area contributed by atoms with Gasteiger partial charge in [0.2, 0.25) is 5.91 Å². The Morgan fingerprint density at radius 1 is 1.21 bits per heavy atom. The Kier molecular flexibility index (Phi) is 6.14. The smallest absolute Gasteiger partial charge is 0.222 e. The van der Waals surface area contributed by atoms with E-state index in [4.69, 9.17) is 15.2 Å². The van der Waals surface area contributed by atoms with Crippen LogP contribution in [0.3, 0.4) is 0 Å². The Bertz CT molecular complexity index is 706. The molecule has 6 heteroatoms. The van der Waals surface area contributed by atoms with Crippen molar-refractivity contribution < 1.29 is 18.7 Å². The van der Waals surface area contributed by atoms with Crippen LogP contribution in [0.4, 0.5) is 4.39 Å². The minimum atomic E-state index is -0.579. The van der Waals surface area contributed by atoms with Crippen LogP contribution in [-0.2, 0) is 4.79 Å². The van der Waals surface area contributed by atoms with E-state index in [1.54, 1.807) is 19.2 Å². The third-order valence-electron chi connectivity index (χ3n) is 3.61. The third-order valence-corrected chi connectivity index (χ3v) is 3.61. The van der Waals surface area contributed by atoms with Crippen molar-refractivity contribution in [2.24, 2.45) is 5.73 Å². The molecule has 128 valence electrons. The van der Waals surface area contributed by atoms with Crippen molar-refractivity contribution in [1.82, 2.24) is 5.32 Å². The standard InChI is InChI=1S/C18H21FN2O3/c1-23-14-5-3-4-12(10-14)18(21-17(22)8-9-20)15-11-13(19)6-7-16(15)24-2/h3-7,10-11,18H,8-9,20H2,1-2H3,(H,21,22). The van der Waals surface area contributed by atoms with E-state index in [1.165, 1.54) is 25.3 Å². The van der Waals surface area contributed by atoms with Gasteiger partial charge in [0.05, 0.1) is 20.3 Å². The highest BCUT2D eigenvalue weighted by Crippen LogP contribution is 2.32. The Balaban J connectivity index is 2.50. The van der Waals surface area contributed by atoms with Gasteiger partial charge in [0.15, 0.2) is 0 Å². The van der Waals surface area contributed by atoms with Gasteiger partial charge in [-0.2, -0.15) is 0 Å². The molecule has 5 nitrogen and oxygen atoms in total. The number of carbonyl (C=O) groups is 1. The lowest BCUT2D eigenvalue weighted by Gasteiger charge is -2.22. The number of hydrogen-bond donors (Lipinski definition) is 2. The molecule has 0 fully saturated rings. The number of rotatable bonds is 7. The second kappa shape index (κ2) is 8.31. The Morgan fingerprint density at radius 3 is 2.67 bits per heavy atom. The molecular weight excluding hydrogens is 311 g/mol. The fraction of sp³-hybridized carbons (Fsp3) is 0.278. The molecule has 2 aromatic carbocycles. The second-order valence-corrected chi connectivity index (χ2v) is 5.20. The highest BCUT2D eigenvalue weighted by atomic mass is 19.1. The van der Waals surface area contributed by atoms with Gasteiger partial charge < -0.3 is 20.5 Å². The summed E-state index contributed by atoms with van der Waals surface area (Å²) in [5, 5.41) is 2.88.